The van der Waals surface area contributed by atoms with Crippen LogP contribution in [0.3, 0.4) is 0 Å². The first-order chi connectivity index (χ1) is 12.9. The van der Waals surface area contributed by atoms with E-state index in [-0.39, 0.29) is 12.0 Å². The number of ether oxygens (including phenoxy) is 1. The Bertz CT molecular complexity index is 763. The van der Waals surface area contributed by atoms with Gasteiger partial charge >= 0.3 is 6.09 Å². The molecule has 1 aromatic rings. The molecule has 0 aromatic carbocycles. The van der Waals surface area contributed by atoms with E-state index < -0.39 is 5.60 Å². The molecule has 2 amide bonds. The maximum Gasteiger partial charge on any atom is 0.410 e. The van der Waals surface area contributed by atoms with Crippen LogP contribution in [0.5, 0.6) is 0 Å². The van der Waals surface area contributed by atoms with Crippen molar-refractivity contribution in [2.24, 2.45) is 0 Å². The van der Waals surface area contributed by atoms with Crippen molar-refractivity contribution >= 4 is 17.9 Å². The van der Waals surface area contributed by atoms with Crippen molar-refractivity contribution in [3.63, 3.8) is 0 Å². The molecule has 3 fully saturated rings. The van der Waals surface area contributed by atoms with E-state index in [9.17, 15) is 9.59 Å². The second-order valence-corrected chi connectivity index (χ2v) is 7.84. The Labute approximate surface area is 158 Å². The Morgan fingerprint density at radius 1 is 1.15 bits per heavy atom. The van der Waals surface area contributed by atoms with Crippen LogP contribution in [0.15, 0.2) is 6.20 Å². The smallest absolute Gasteiger partial charge is 0.410 e. The van der Waals surface area contributed by atoms with Gasteiger partial charge in [0.25, 0.3) is 5.91 Å². The van der Waals surface area contributed by atoms with Crippen LogP contribution in [-0.2, 0) is 4.74 Å². The number of hydrogen-bond acceptors (Lipinski definition) is 7. The lowest BCUT2D eigenvalue weighted by molar-refractivity contribution is 0.0552. The highest BCUT2D eigenvalue weighted by atomic mass is 16.6. The fraction of sp³-hybridized carbons (Fsp3) is 0.667. The van der Waals surface area contributed by atoms with Crippen LogP contribution in [-0.4, -0.2) is 102 Å². The molecular weight excluding hydrogens is 348 g/mol. The molecule has 0 N–H and O–H groups in total. The van der Waals surface area contributed by atoms with Crippen LogP contribution >= 0.6 is 0 Å². The molecule has 0 aliphatic carbocycles. The molecule has 3 aliphatic rings. The number of likely N-dealkylation sites (N-methyl/N-ethyl adjacent to an activating group) is 2. The van der Waals surface area contributed by atoms with Crippen molar-refractivity contribution in [3.8, 4) is 0 Å². The second-order valence-electron chi connectivity index (χ2n) is 7.84. The van der Waals surface area contributed by atoms with Gasteiger partial charge in [-0.05, 0) is 14.0 Å². The number of likely N-dealkylation sites (tertiary alicyclic amines) is 1. The lowest BCUT2D eigenvalue weighted by Gasteiger charge is -2.32. The summed E-state index contributed by atoms with van der Waals surface area (Å²) in [6.45, 7) is 7.09. The molecule has 146 valence electrons. The average molecular weight is 374 g/mol. The predicted octanol–water partition coefficient (Wildman–Crippen LogP) is 0.204. The zero-order valence-electron chi connectivity index (χ0n) is 16.1. The SMILES string of the molecule is Cc1nc(N2CCN(C)CC2)ncc1C(=O)N1CCC2(CN(C)C(=O)O2)C1. The standard InChI is InChI=1S/C18H26N6O3/c1-13-14(10-19-16(20-13)23-8-6-21(2)7-9-23)15(25)24-5-4-18(12-24)11-22(3)17(26)27-18/h10H,4-9,11-12H2,1-3H3. The number of aromatic nitrogens is 2. The van der Waals surface area contributed by atoms with Crippen molar-refractivity contribution in [2.45, 2.75) is 18.9 Å². The van der Waals surface area contributed by atoms with Crippen LogP contribution < -0.4 is 4.90 Å². The summed E-state index contributed by atoms with van der Waals surface area (Å²) in [5, 5.41) is 0. The molecule has 4 rings (SSSR count). The molecule has 0 saturated carbocycles. The first kappa shape index (κ1) is 18.0. The van der Waals surface area contributed by atoms with E-state index in [0.29, 0.717) is 43.3 Å². The Hall–Kier alpha value is -2.42. The van der Waals surface area contributed by atoms with Gasteiger partial charge in [0, 0.05) is 52.4 Å². The van der Waals surface area contributed by atoms with Gasteiger partial charge in [0.05, 0.1) is 24.3 Å². The van der Waals surface area contributed by atoms with Crippen molar-refractivity contribution in [2.75, 3.05) is 64.8 Å². The molecule has 1 atom stereocenters. The number of rotatable bonds is 2. The van der Waals surface area contributed by atoms with Crippen molar-refractivity contribution < 1.29 is 14.3 Å². The minimum absolute atomic E-state index is 0.0973. The number of nitrogens with zero attached hydrogens (tertiary/aromatic N) is 6. The van der Waals surface area contributed by atoms with Crippen LogP contribution in [0.4, 0.5) is 10.7 Å². The van der Waals surface area contributed by atoms with Crippen LogP contribution in [0.25, 0.3) is 0 Å². The number of piperazine rings is 1. The van der Waals surface area contributed by atoms with Gasteiger partial charge in [-0.1, -0.05) is 0 Å². The average Bonchev–Trinajstić information content (AvgIpc) is 3.17. The minimum atomic E-state index is -0.573. The molecule has 4 heterocycles. The Morgan fingerprint density at radius 3 is 2.52 bits per heavy atom. The van der Waals surface area contributed by atoms with Gasteiger partial charge in [0.1, 0.15) is 0 Å². The topological polar surface area (TPSA) is 82.1 Å². The van der Waals surface area contributed by atoms with E-state index in [4.69, 9.17) is 4.74 Å². The number of aryl methyl sites for hydroxylation is 1. The predicted molar refractivity (Wildman–Crippen MR) is 98.8 cm³/mol. The van der Waals surface area contributed by atoms with E-state index in [1.807, 2.05) is 6.92 Å². The summed E-state index contributed by atoms with van der Waals surface area (Å²) in [5.41, 5.74) is 0.628. The van der Waals surface area contributed by atoms with Crippen molar-refractivity contribution in [1.29, 1.82) is 0 Å². The minimum Gasteiger partial charge on any atom is -0.439 e. The van der Waals surface area contributed by atoms with E-state index in [2.05, 4.69) is 26.8 Å². The van der Waals surface area contributed by atoms with Gasteiger partial charge in [-0.15, -0.1) is 0 Å². The third-order valence-electron chi connectivity index (χ3n) is 5.73. The van der Waals surface area contributed by atoms with Gasteiger partial charge in [-0.3, -0.25) is 4.79 Å². The Morgan fingerprint density at radius 2 is 1.89 bits per heavy atom. The Balaban J connectivity index is 1.46. The van der Waals surface area contributed by atoms with E-state index in [1.54, 1.807) is 23.0 Å². The van der Waals surface area contributed by atoms with E-state index in [0.717, 1.165) is 26.2 Å². The zero-order chi connectivity index (χ0) is 19.2. The summed E-state index contributed by atoms with van der Waals surface area (Å²) in [4.78, 5) is 41.5. The van der Waals surface area contributed by atoms with Crippen molar-refractivity contribution in [3.05, 3.63) is 17.5 Å². The Kier molecular flexibility index (Phi) is 4.41. The molecule has 1 spiro atoms. The summed E-state index contributed by atoms with van der Waals surface area (Å²) in [7, 11) is 3.82. The number of carbonyl (C=O) groups excluding carboxylic acids is 2. The highest BCUT2D eigenvalue weighted by Gasteiger charge is 2.49. The first-order valence-corrected chi connectivity index (χ1v) is 9.37. The van der Waals surface area contributed by atoms with E-state index in [1.165, 1.54) is 0 Å². The van der Waals surface area contributed by atoms with Gasteiger partial charge in [-0.2, -0.15) is 0 Å². The third kappa shape index (κ3) is 3.31. The highest BCUT2D eigenvalue weighted by Crippen LogP contribution is 2.32. The molecule has 0 radical (unpaired) electrons. The van der Waals surface area contributed by atoms with Crippen LogP contribution in [0.2, 0.25) is 0 Å². The molecule has 0 bridgehead atoms. The zero-order valence-corrected chi connectivity index (χ0v) is 16.1. The third-order valence-corrected chi connectivity index (χ3v) is 5.73. The highest BCUT2D eigenvalue weighted by molar-refractivity contribution is 5.95. The summed E-state index contributed by atoms with van der Waals surface area (Å²) in [5.74, 6) is 0.585. The lowest BCUT2D eigenvalue weighted by atomic mass is 10.0. The van der Waals surface area contributed by atoms with Gasteiger partial charge < -0.3 is 24.3 Å². The second kappa shape index (κ2) is 6.63. The van der Waals surface area contributed by atoms with Gasteiger partial charge in [0.15, 0.2) is 5.60 Å². The quantitative estimate of drug-likeness (QED) is 0.732. The van der Waals surface area contributed by atoms with E-state index >= 15 is 0 Å². The molecule has 1 unspecified atom stereocenters. The van der Waals surface area contributed by atoms with Gasteiger partial charge in [-0.25, -0.2) is 14.8 Å². The van der Waals surface area contributed by atoms with Crippen LogP contribution in [0.1, 0.15) is 22.5 Å². The van der Waals surface area contributed by atoms with Crippen molar-refractivity contribution in [1.82, 2.24) is 24.7 Å². The number of anilines is 1. The van der Waals surface area contributed by atoms with Crippen LogP contribution in [0, 0.1) is 6.92 Å². The maximum atomic E-state index is 13.0. The normalized spacial score (nSPS) is 26.2. The monoisotopic (exact) mass is 374 g/mol. The lowest BCUT2D eigenvalue weighted by Crippen LogP contribution is -2.45. The summed E-state index contributed by atoms with van der Waals surface area (Å²) in [6, 6.07) is 0. The largest absolute Gasteiger partial charge is 0.439 e. The summed E-state index contributed by atoms with van der Waals surface area (Å²) < 4.78 is 5.53. The maximum absolute atomic E-state index is 13.0. The molecular formula is C18H26N6O3. The number of amides is 2. The summed E-state index contributed by atoms with van der Waals surface area (Å²) in [6.07, 6.45) is 1.98. The molecule has 27 heavy (non-hydrogen) atoms. The number of carbonyl (C=O) groups is 2. The number of hydrogen-bond donors (Lipinski definition) is 0. The van der Waals surface area contributed by atoms with Gasteiger partial charge in [0.2, 0.25) is 5.95 Å². The molecule has 9 heteroatoms. The molecule has 1 aromatic heterocycles. The summed E-state index contributed by atoms with van der Waals surface area (Å²) >= 11 is 0. The fourth-order valence-corrected chi connectivity index (χ4v) is 4.02. The molecule has 3 saturated heterocycles. The molecule has 9 nitrogen and oxygen atoms in total. The first-order valence-electron chi connectivity index (χ1n) is 9.37. The molecule has 3 aliphatic heterocycles. The fourth-order valence-electron chi connectivity index (χ4n) is 4.02.